The molecule has 1 saturated heterocycles. The Bertz CT molecular complexity index is 419. The third-order valence-electron chi connectivity index (χ3n) is 3.37. The fourth-order valence-electron chi connectivity index (χ4n) is 2.03. The molecule has 0 atom stereocenters. The maximum Gasteiger partial charge on any atom is 0.164 e. The van der Waals surface area contributed by atoms with Gasteiger partial charge in [-0.3, -0.25) is 0 Å². The van der Waals surface area contributed by atoms with Gasteiger partial charge in [0.25, 0.3) is 0 Å². The fraction of sp³-hybridized carbons (Fsp3) is 0.538. The van der Waals surface area contributed by atoms with Gasteiger partial charge in [-0.25, -0.2) is 0 Å². The summed E-state index contributed by atoms with van der Waals surface area (Å²) in [5, 5.41) is 3.26. The van der Waals surface area contributed by atoms with Crippen molar-refractivity contribution in [3.63, 3.8) is 0 Å². The third kappa shape index (κ3) is 2.18. The van der Waals surface area contributed by atoms with Crippen LogP contribution in [0.25, 0.3) is 0 Å². The van der Waals surface area contributed by atoms with E-state index in [1.807, 2.05) is 12.1 Å². The smallest absolute Gasteiger partial charge is 0.164 e. The Kier molecular flexibility index (Phi) is 3.81. The predicted octanol–water partition coefficient (Wildman–Crippen LogP) is 1.12. The van der Waals surface area contributed by atoms with Crippen LogP contribution in [0, 0.1) is 0 Å². The molecule has 5 nitrogen and oxygen atoms in total. The van der Waals surface area contributed by atoms with E-state index in [4.69, 9.17) is 14.2 Å². The van der Waals surface area contributed by atoms with E-state index in [2.05, 4.69) is 17.3 Å². The van der Waals surface area contributed by atoms with Crippen molar-refractivity contribution in [1.29, 1.82) is 0 Å². The van der Waals surface area contributed by atoms with E-state index in [-0.39, 0.29) is 0 Å². The molecular weight excluding hydrogens is 232 g/mol. The van der Waals surface area contributed by atoms with Crippen molar-refractivity contribution in [2.45, 2.75) is 6.04 Å². The molecule has 1 fully saturated rings. The molecule has 5 heteroatoms. The topological polar surface area (TPSA) is 43.0 Å². The van der Waals surface area contributed by atoms with Gasteiger partial charge in [-0.2, -0.15) is 0 Å². The lowest BCUT2D eigenvalue weighted by molar-refractivity contribution is 0.348. The van der Waals surface area contributed by atoms with Crippen LogP contribution in [0.1, 0.15) is 0 Å². The van der Waals surface area contributed by atoms with Gasteiger partial charge in [-0.05, 0) is 0 Å². The van der Waals surface area contributed by atoms with Gasteiger partial charge in [-0.15, -0.1) is 0 Å². The lowest BCUT2D eigenvalue weighted by atomic mass is 10.1. The van der Waals surface area contributed by atoms with E-state index in [0.717, 1.165) is 24.5 Å². The molecule has 1 N–H and O–H groups in total. The van der Waals surface area contributed by atoms with E-state index in [1.165, 1.54) is 0 Å². The number of nitrogens with one attached hydrogen (secondary N) is 1. The first-order valence-corrected chi connectivity index (χ1v) is 5.94. The highest BCUT2D eigenvalue weighted by molar-refractivity contribution is 5.66. The van der Waals surface area contributed by atoms with Crippen molar-refractivity contribution in [3.05, 3.63) is 12.1 Å². The van der Waals surface area contributed by atoms with Crippen LogP contribution in [0.5, 0.6) is 17.2 Å². The summed E-state index contributed by atoms with van der Waals surface area (Å²) in [6.45, 7) is 1.99. The monoisotopic (exact) mass is 252 g/mol. The highest BCUT2D eigenvalue weighted by Crippen LogP contribution is 2.40. The third-order valence-corrected chi connectivity index (χ3v) is 3.37. The number of benzene rings is 1. The van der Waals surface area contributed by atoms with E-state index in [0.29, 0.717) is 17.5 Å². The molecule has 0 amide bonds. The molecule has 0 aliphatic carbocycles. The fourth-order valence-corrected chi connectivity index (χ4v) is 2.03. The number of anilines is 1. The zero-order valence-corrected chi connectivity index (χ0v) is 11.3. The summed E-state index contributed by atoms with van der Waals surface area (Å²) in [5.41, 5.74) is 1.02. The number of nitrogens with zero attached hydrogens (tertiary/aromatic N) is 1. The lowest BCUT2D eigenvalue weighted by Crippen LogP contribution is -2.56. The van der Waals surface area contributed by atoms with Crippen LogP contribution in [-0.2, 0) is 0 Å². The molecule has 1 aliphatic rings. The Morgan fingerprint density at radius 2 is 1.56 bits per heavy atom. The van der Waals surface area contributed by atoms with Crippen molar-refractivity contribution in [1.82, 2.24) is 5.32 Å². The molecule has 0 radical (unpaired) electrons. The maximum absolute atomic E-state index is 5.43. The van der Waals surface area contributed by atoms with Crippen LogP contribution in [0.2, 0.25) is 0 Å². The molecule has 0 bridgehead atoms. The number of hydrogen-bond acceptors (Lipinski definition) is 5. The van der Waals surface area contributed by atoms with Crippen LogP contribution in [0.3, 0.4) is 0 Å². The first-order valence-electron chi connectivity index (χ1n) is 5.94. The van der Waals surface area contributed by atoms with Crippen LogP contribution >= 0.6 is 0 Å². The van der Waals surface area contributed by atoms with Crippen molar-refractivity contribution in [3.8, 4) is 17.2 Å². The van der Waals surface area contributed by atoms with Gasteiger partial charge < -0.3 is 24.4 Å². The average molecular weight is 252 g/mol. The van der Waals surface area contributed by atoms with Gasteiger partial charge in [0.1, 0.15) is 5.75 Å². The van der Waals surface area contributed by atoms with Crippen LogP contribution < -0.4 is 24.4 Å². The molecule has 2 rings (SSSR count). The second-order valence-corrected chi connectivity index (χ2v) is 4.30. The summed E-state index contributed by atoms with van der Waals surface area (Å²) < 4.78 is 16.0. The zero-order chi connectivity index (χ0) is 13.1. The molecular formula is C13H20N2O3. The summed E-state index contributed by atoms with van der Waals surface area (Å²) >= 11 is 0. The molecule has 0 aromatic heterocycles. The van der Waals surface area contributed by atoms with E-state index < -0.39 is 0 Å². The quantitative estimate of drug-likeness (QED) is 0.850. The summed E-state index contributed by atoms with van der Waals surface area (Å²) in [4.78, 5) is 2.21. The first kappa shape index (κ1) is 12.8. The summed E-state index contributed by atoms with van der Waals surface area (Å²) in [7, 11) is 6.99. The van der Waals surface area contributed by atoms with Crippen LogP contribution in [-0.4, -0.2) is 47.5 Å². The Morgan fingerprint density at radius 1 is 1.00 bits per heavy atom. The molecule has 1 aliphatic heterocycles. The Hall–Kier alpha value is -1.62. The standard InChI is InChI=1S/C13H20N2O3/c1-15(9-7-14-8-9)10-5-12(17-3)13(18-4)6-11(10)16-2/h5-6,9,14H,7-8H2,1-4H3. The number of hydrogen-bond donors (Lipinski definition) is 1. The first-order chi connectivity index (χ1) is 8.71. The van der Waals surface area contributed by atoms with Crippen molar-refractivity contribution < 1.29 is 14.2 Å². The van der Waals surface area contributed by atoms with E-state index >= 15 is 0 Å². The Morgan fingerprint density at radius 3 is 2.00 bits per heavy atom. The van der Waals surface area contributed by atoms with Crippen molar-refractivity contribution >= 4 is 5.69 Å². The predicted molar refractivity (Wildman–Crippen MR) is 71.2 cm³/mol. The molecule has 1 aromatic carbocycles. The average Bonchev–Trinajstić information content (AvgIpc) is 2.34. The summed E-state index contributed by atoms with van der Waals surface area (Å²) in [6, 6.07) is 4.31. The minimum absolute atomic E-state index is 0.497. The van der Waals surface area contributed by atoms with Crippen molar-refractivity contribution in [2.24, 2.45) is 0 Å². The highest BCUT2D eigenvalue weighted by Gasteiger charge is 2.25. The van der Waals surface area contributed by atoms with Gasteiger partial charge >= 0.3 is 0 Å². The zero-order valence-electron chi connectivity index (χ0n) is 11.3. The van der Waals surface area contributed by atoms with Crippen LogP contribution in [0.15, 0.2) is 12.1 Å². The normalized spacial score (nSPS) is 14.9. The minimum Gasteiger partial charge on any atom is -0.494 e. The Balaban J connectivity index is 2.37. The maximum atomic E-state index is 5.43. The molecule has 1 heterocycles. The lowest BCUT2D eigenvalue weighted by Gasteiger charge is -2.37. The second kappa shape index (κ2) is 5.35. The molecule has 18 heavy (non-hydrogen) atoms. The van der Waals surface area contributed by atoms with Crippen LogP contribution in [0.4, 0.5) is 5.69 Å². The molecule has 0 unspecified atom stereocenters. The van der Waals surface area contributed by atoms with Gasteiger partial charge in [0, 0.05) is 32.3 Å². The highest BCUT2D eigenvalue weighted by atomic mass is 16.5. The van der Waals surface area contributed by atoms with Crippen molar-refractivity contribution in [2.75, 3.05) is 46.4 Å². The molecule has 1 aromatic rings. The number of methoxy groups -OCH3 is 3. The Labute approximate surface area is 108 Å². The summed E-state index contributed by atoms with van der Waals surface area (Å²) in [6.07, 6.45) is 0. The molecule has 0 spiro atoms. The molecule has 100 valence electrons. The van der Waals surface area contributed by atoms with Gasteiger partial charge in [0.2, 0.25) is 0 Å². The molecule has 0 saturated carbocycles. The second-order valence-electron chi connectivity index (χ2n) is 4.30. The number of ether oxygens (including phenoxy) is 3. The van der Waals surface area contributed by atoms with E-state index in [9.17, 15) is 0 Å². The van der Waals surface area contributed by atoms with Gasteiger partial charge in [0.05, 0.1) is 33.1 Å². The minimum atomic E-state index is 0.497. The number of rotatable bonds is 5. The van der Waals surface area contributed by atoms with Gasteiger partial charge in [-0.1, -0.05) is 0 Å². The SMILES string of the molecule is COc1cc(OC)c(N(C)C2CNC2)cc1OC. The summed E-state index contributed by atoms with van der Waals surface area (Å²) in [5.74, 6) is 2.19. The number of likely N-dealkylation sites (N-methyl/N-ethyl adjacent to an activating group) is 1. The van der Waals surface area contributed by atoms with Gasteiger partial charge in [0.15, 0.2) is 11.5 Å². The van der Waals surface area contributed by atoms with E-state index in [1.54, 1.807) is 21.3 Å². The largest absolute Gasteiger partial charge is 0.494 e.